The number of esters is 1. The van der Waals surface area contributed by atoms with Crippen molar-refractivity contribution in [2.45, 2.75) is 13.8 Å². The van der Waals surface area contributed by atoms with E-state index in [4.69, 9.17) is 14.6 Å². The third kappa shape index (κ3) is 5.76. The second kappa shape index (κ2) is 9.99. The van der Waals surface area contributed by atoms with Crippen LogP contribution in [0.15, 0.2) is 69.8 Å². The maximum Gasteiger partial charge on any atom is 0.344 e. The van der Waals surface area contributed by atoms with E-state index in [2.05, 4.69) is 4.99 Å². The van der Waals surface area contributed by atoms with E-state index in [0.717, 1.165) is 11.1 Å². The summed E-state index contributed by atoms with van der Waals surface area (Å²) in [5.74, 6) is -1.48. The van der Waals surface area contributed by atoms with Gasteiger partial charge in [0.25, 0.3) is 0 Å². The number of rotatable bonds is 7. The van der Waals surface area contributed by atoms with Crippen molar-refractivity contribution < 1.29 is 29.3 Å². The van der Waals surface area contributed by atoms with Gasteiger partial charge in [0.2, 0.25) is 0 Å². The molecule has 0 aliphatic carbocycles. The van der Waals surface area contributed by atoms with E-state index in [1.165, 1.54) is 11.8 Å². The first-order chi connectivity index (χ1) is 14.9. The summed E-state index contributed by atoms with van der Waals surface area (Å²) in [5.41, 5.74) is 2.50. The number of hydrogen-bond donors (Lipinski definition) is 2. The van der Waals surface area contributed by atoms with Crippen LogP contribution in [0.1, 0.15) is 18.1 Å². The number of aryl methyl sites for hydroxylation is 1. The van der Waals surface area contributed by atoms with Crippen LogP contribution in [0.5, 0.6) is 5.75 Å². The lowest BCUT2D eigenvalue weighted by Crippen LogP contribution is -2.12. The lowest BCUT2D eigenvalue weighted by atomic mass is 10.1. The second-order valence-corrected chi connectivity index (χ2v) is 7.59. The molecule has 1 aliphatic heterocycles. The summed E-state index contributed by atoms with van der Waals surface area (Å²) in [6.07, 6.45) is 1.71. The van der Waals surface area contributed by atoms with Crippen molar-refractivity contribution in [3.8, 4) is 5.75 Å². The first-order valence-corrected chi connectivity index (χ1v) is 10.3. The molecule has 8 heteroatoms. The Hall–Kier alpha value is -3.52. The van der Waals surface area contributed by atoms with Crippen LogP contribution < -0.4 is 4.74 Å². The molecule has 1 aliphatic rings. The van der Waals surface area contributed by atoms with Crippen LogP contribution in [-0.2, 0) is 14.3 Å². The number of aliphatic hydroxyl groups is 1. The van der Waals surface area contributed by atoms with E-state index >= 15 is 0 Å². The van der Waals surface area contributed by atoms with Gasteiger partial charge in [-0.3, -0.25) is 0 Å². The molecule has 0 atom stereocenters. The second-order valence-electron chi connectivity index (χ2n) is 6.56. The average Bonchev–Trinajstić information content (AvgIpc) is 3.04. The van der Waals surface area contributed by atoms with Crippen molar-refractivity contribution in [3.63, 3.8) is 0 Å². The molecular weight excluding hydrogens is 418 g/mol. The third-order valence-electron chi connectivity index (χ3n) is 4.18. The summed E-state index contributed by atoms with van der Waals surface area (Å²) in [5, 5.41) is 19.8. The van der Waals surface area contributed by atoms with Gasteiger partial charge in [-0.05, 0) is 49.8 Å². The van der Waals surface area contributed by atoms with Crippen molar-refractivity contribution >= 4 is 40.5 Å². The van der Waals surface area contributed by atoms with E-state index < -0.39 is 18.5 Å². The Bertz CT molecular complexity index is 1070. The predicted octanol–water partition coefficient (Wildman–Crippen LogP) is 4.65. The number of nitrogens with zero attached hydrogens (tertiary/aromatic N) is 1. The molecule has 2 aromatic carbocycles. The maximum atomic E-state index is 12.5. The average molecular weight is 439 g/mol. The monoisotopic (exact) mass is 439 g/mol. The minimum absolute atomic E-state index is 0.0279. The zero-order chi connectivity index (χ0) is 22.4. The van der Waals surface area contributed by atoms with Gasteiger partial charge in [-0.15, -0.1) is 0 Å². The number of carboxylic acid groups (broad SMARTS) is 1. The first kappa shape index (κ1) is 22.2. The number of carbonyl (C=O) groups is 2. The van der Waals surface area contributed by atoms with Gasteiger partial charge < -0.3 is 19.7 Å². The fourth-order valence-electron chi connectivity index (χ4n) is 2.69. The van der Waals surface area contributed by atoms with Gasteiger partial charge in [0.05, 0.1) is 17.2 Å². The van der Waals surface area contributed by atoms with E-state index in [9.17, 15) is 14.7 Å². The highest BCUT2D eigenvalue weighted by molar-refractivity contribution is 8.18. The Morgan fingerprint density at radius 3 is 2.39 bits per heavy atom. The maximum absolute atomic E-state index is 12.5. The molecular formula is C23H21NO6S. The quantitative estimate of drug-likeness (QED) is 0.605. The summed E-state index contributed by atoms with van der Waals surface area (Å²) >= 11 is 1.17. The van der Waals surface area contributed by atoms with Crippen LogP contribution >= 0.6 is 11.8 Å². The van der Waals surface area contributed by atoms with E-state index in [-0.39, 0.29) is 17.9 Å². The lowest BCUT2D eigenvalue weighted by molar-refractivity contribution is -0.139. The predicted molar refractivity (Wildman–Crippen MR) is 120 cm³/mol. The van der Waals surface area contributed by atoms with Gasteiger partial charge in [0.15, 0.2) is 6.61 Å². The zero-order valence-electron chi connectivity index (χ0n) is 17.0. The van der Waals surface area contributed by atoms with Crippen molar-refractivity contribution in [3.05, 3.63) is 75.9 Å². The zero-order valence-corrected chi connectivity index (χ0v) is 17.8. The van der Waals surface area contributed by atoms with E-state index in [1.54, 1.807) is 37.3 Å². The van der Waals surface area contributed by atoms with Gasteiger partial charge in [-0.2, -0.15) is 0 Å². The Morgan fingerprint density at radius 2 is 1.77 bits per heavy atom. The number of benzene rings is 2. The summed E-state index contributed by atoms with van der Waals surface area (Å²) in [4.78, 5) is 28.0. The molecule has 0 saturated heterocycles. The molecule has 160 valence electrons. The molecule has 0 fully saturated rings. The molecule has 7 nitrogen and oxygen atoms in total. The Kier molecular flexibility index (Phi) is 7.15. The fourth-order valence-corrected chi connectivity index (χ4v) is 3.72. The molecule has 2 N–H and O–H groups in total. The van der Waals surface area contributed by atoms with E-state index in [1.807, 2.05) is 31.2 Å². The van der Waals surface area contributed by atoms with Gasteiger partial charge in [0.1, 0.15) is 22.1 Å². The van der Waals surface area contributed by atoms with E-state index in [0.29, 0.717) is 21.4 Å². The smallest absolute Gasteiger partial charge is 0.344 e. The van der Waals surface area contributed by atoms with Crippen LogP contribution in [0.3, 0.4) is 0 Å². The molecule has 0 saturated carbocycles. The summed E-state index contributed by atoms with van der Waals surface area (Å²) < 4.78 is 10.2. The molecule has 0 bridgehead atoms. The van der Waals surface area contributed by atoms with Gasteiger partial charge in [0, 0.05) is 0 Å². The molecule has 31 heavy (non-hydrogen) atoms. The summed E-state index contributed by atoms with van der Waals surface area (Å²) in [6.45, 7) is 3.41. The summed E-state index contributed by atoms with van der Waals surface area (Å²) in [7, 11) is 0. The minimum atomic E-state index is -1.06. The van der Waals surface area contributed by atoms with Crippen molar-refractivity contribution in [2.24, 2.45) is 4.99 Å². The van der Waals surface area contributed by atoms with Gasteiger partial charge >= 0.3 is 11.9 Å². The standard InChI is InChI=1S/C23H21NO6S/c1-3-29-23(28)20-21(27)18(31-22(20)24-16-8-4-14(2)5-9-16)12-15-6-10-17(11-7-15)30-13-19(25)26/h4-12,27H,3,13H2,1-2H3,(H,25,26). The van der Waals surface area contributed by atoms with Crippen LogP contribution in [0.4, 0.5) is 5.69 Å². The normalized spacial score (nSPS) is 16.1. The molecule has 0 amide bonds. The SMILES string of the molecule is CCOC(=O)C1=C(O)C(=Cc2ccc(OCC(=O)O)cc2)SC1=Nc1ccc(C)cc1. The number of aliphatic carboxylic acids is 1. The molecule has 0 aromatic heterocycles. The molecule has 2 aromatic rings. The van der Waals surface area contributed by atoms with Crippen molar-refractivity contribution in [2.75, 3.05) is 13.2 Å². The first-order valence-electron chi connectivity index (χ1n) is 9.48. The highest BCUT2D eigenvalue weighted by atomic mass is 32.2. The highest BCUT2D eigenvalue weighted by Crippen LogP contribution is 2.40. The molecule has 0 radical (unpaired) electrons. The number of ether oxygens (including phenoxy) is 2. The van der Waals surface area contributed by atoms with Crippen LogP contribution in [0, 0.1) is 6.92 Å². The van der Waals surface area contributed by atoms with Gasteiger partial charge in [-0.25, -0.2) is 14.6 Å². The van der Waals surface area contributed by atoms with Gasteiger partial charge in [-0.1, -0.05) is 41.6 Å². The fraction of sp³-hybridized carbons (Fsp3) is 0.174. The number of hydrogen-bond acceptors (Lipinski definition) is 7. The minimum Gasteiger partial charge on any atom is -0.506 e. The number of thioether (sulfide) groups is 1. The van der Waals surface area contributed by atoms with Crippen LogP contribution in [0.25, 0.3) is 6.08 Å². The largest absolute Gasteiger partial charge is 0.506 e. The number of carboxylic acids is 1. The molecule has 3 rings (SSSR count). The topological polar surface area (TPSA) is 105 Å². The Morgan fingerprint density at radius 1 is 1.10 bits per heavy atom. The highest BCUT2D eigenvalue weighted by Gasteiger charge is 2.33. The van der Waals surface area contributed by atoms with Crippen LogP contribution in [-0.4, -0.2) is 40.4 Å². The van der Waals surface area contributed by atoms with Crippen molar-refractivity contribution in [1.29, 1.82) is 0 Å². The number of aliphatic imine (C=N–C) groups is 1. The summed E-state index contributed by atoms with van der Waals surface area (Å²) in [6, 6.07) is 14.2. The molecule has 0 spiro atoms. The van der Waals surface area contributed by atoms with Crippen LogP contribution in [0.2, 0.25) is 0 Å². The number of carbonyl (C=O) groups excluding carboxylic acids is 1. The Balaban J connectivity index is 1.91. The lowest BCUT2D eigenvalue weighted by Gasteiger charge is -2.04. The van der Waals surface area contributed by atoms with Crippen molar-refractivity contribution in [1.82, 2.24) is 0 Å². The molecule has 0 unspecified atom stereocenters. The Labute approximate surface area is 183 Å². The number of aliphatic hydroxyl groups excluding tert-OH is 1. The molecule has 1 heterocycles. The third-order valence-corrected chi connectivity index (χ3v) is 5.19.